The summed E-state index contributed by atoms with van der Waals surface area (Å²) in [5.74, 6) is -2.38. The molecule has 2 saturated heterocycles. The molecule has 37 heavy (non-hydrogen) atoms. The molecule has 2 aliphatic heterocycles. The Morgan fingerprint density at radius 1 is 1.03 bits per heavy atom. The van der Waals surface area contributed by atoms with Gasteiger partial charge in [-0.05, 0) is 73.8 Å². The molecule has 3 aromatic rings. The molecule has 4 heterocycles. The van der Waals surface area contributed by atoms with Gasteiger partial charge in [0.15, 0.2) is 0 Å². The number of aliphatic hydroxyl groups is 1. The molecule has 0 spiro atoms. The van der Waals surface area contributed by atoms with Crippen LogP contribution >= 0.6 is 0 Å². The fourth-order valence-electron chi connectivity index (χ4n) is 5.23. The van der Waals surface area contributed by atoms with Crippen LogP contribution in [0.3, 0.4) is 0 Å². The molecule has 0 unspecified atom stereocenters. The van der Waals surface area contributed by atoms with E-state index in [4.69, 9.17) is 5.73 Å². The number of nitrogens with two attached hydrogens (primary N) is 1. The molecular formula is C28H32F3N5O. The Morgan fingerprint density at radius 2 is 1.78 bits per heavy atom. The quantitative estimate of drug-likeness (QED) is 0.504. The minimum Gasteiger partial charge on any atom is -0.391 e. The van der Waals surface area contributed by atoms with E-state index in [9.17, 15) is 18.3 Å². The lowest BCUT2D eigenvalue weighted by molar-refractivity contribution is 0.0784. The lowest BCUT2D eigenvalue weighted by Crippen LogP contribution is -2.55. The average molecular weight is 512 g/mol. The van der Waals surface area contributed by atoms with Crippen LogP contribution in [0.4, 0.5) is 18.9 Å². The standard InChI is InChI=1S/C28H32F3N5O/c1-17-14-36(16-24(32)28(17)37)25-7-8-33-13-19(25)3-4-20-5-6-21(29)27(34-20)26-22(30)11-18(12-23(26)31)15-35-9-2-10-35/h5-8,11-13,17,24,28,37H,2-4,9-10,14-16,32H2,1H3/t17-,24+,28+/m0/s1. The first-order valence-corrected chi connectivity index (χ1v) is 12.8. The van der Waals surface area contributed by atoms with Gasteiger partial charge < -0.3 is 15.7 Å². The number of aliphatic hydroxyl groups excluding tert-OH is 1. The number of hydrogen-bond donors (Lipinski definition) is 2. The smallest absolute Gasteiger partial charge is 0.149 e. The van der Waals surface area contributed by atoms with Crippen molar-refractivity contribution in [1.29, 1.82) is 0 Å². The Hall–Kier alpha value is -3.01. The van der Waals surface area contributed by atoms with E-state index >= 15 is 0 Å². The molecule has 2 fully saturated rings. The van der Waals surface area contributed by atoms with Crippen molar-refractivity contribution in [2.45, 2.75) is 44.9 Å². The third-order valence-corrected chi connectivity index (χ3v) is 7.43. The highest BCUT2D eigenvalue weighted by Crippen LogP contribution is 2.30. The van der Waals surface area contributed by atoms with Crippen molar-refractivity contribution in [3.8, 4) is 11.3 Å². The molecule has 0 amide bonds. The molecule has 3 N–H and O–H groups in total. The molecule has 0 radical (unpaired) electrons. The molecule has 9 heteroatoms. The first-order chi connectivity index (χ1) is 17.8. The predicted octanol–water partition coefficient (Wildman–Crippen LogP) is 3.70. The maximum atomic E-state index is 15.0. The molecule has 5 rings (SSSR count). The maximum absolute atomic E-state index is 15.0. The van der Waals surface area contributed by atoms with Crippen molar-refractivity contribution < 1.29 is 18.3 Å². The van der Waals surface area contributed by atoms with E-state index < -0.39 is 29.1 Å². The van der Waals surface area contributed by atoms with Gasteiger partial charge in [-0.1, -0.05) is 6.92 Å². The Kier molecular flexibility index (Phi) is 7.46. The van der Waals surface area contributed by atoms with Crippen LogP contribution < -0.4 is 10.6 Å². The number of nitrogens with zero attached hydrogens (tertiary/aromatic N) is 4. The van der Waals surface area contributed by atoms with Crippen molar-refractivity contribution in [3.05, 3.63) is 77.0 Å². The lowest BCUT2D eigenvalue weighted by atomic mass is 9.92. The van der Waals surface area contributed by atoms with Crippen LogP contribution in [-0.4, -0.2) is 58.3 Å². The largest absolute Gasteiger partial charge is 0.391 e. The summed E-state index contributed by atoms with van der Waals surface area (Å²) in [6.07, 6.45) is 5.00. The summed E-state index contributed by atoms with van der Waals surface area (Å²) in [6.45, 7) is 5.44. The van der Waals surface area contributed by atoms with Gasteiger partial charge in [0.1, 0.15) is 23.1 Å². The van der Waals surface area contributed by atoms with Crippen molar-refractivity contribution in [2.75, 3.05) is 31.1 Å². The zero-order valence-electron chi connectivity index (χ0n) is 20.9. The minimum atomic E-state index is -0.814. The second-order valence-electron chi connectivity index (χ2n) is 10.2. The van der Waals surface area contributed by atoms with Crippen LogP contribution in [-0.2, 0) is 19.4 Å². The van der Waals surface area contributed by atoms with Crippen LogP contribution in [0.1, 0.15) is 30.2 Å². The number of piperidine rings is 1. The molecule has 1 aromatic carbocycles. The summed E-state index contributed by atoms with van der Waals surface area (Å²) in [6, 6.07) is 6.86. The van der Waals surface area contributed by atoms with Crippen LogP contribution in [0.5, 0.6) is 0 Å². The van der Waals surface area contributed by atoms with Gasteiger partial charge in [-0.25, -0.2) is 18.2 Å². The van der Waals surface area contributed by atoms with E-state index in [0.717, 1.165) is 30.8 Å². The molecule has 0 saturated carbocycles. The van der Waals surface area contributed by atoms with Crippen molar-refractivity contribution in [3.63, 3.8) is 0 Å². The van der Waals surface area contributed by atoms with Gasteiger partial charge in [-0.2, -0.15) is 0 Å². The topological polar surface area (TPSA) is 78.5 Å². The van der Waals surface area contributed by atoms with E-state index in [0.29, 0.717) is 43.7 Å². The molecule has 0 aliphatic carbocycles. The van der Waals surface area contributed by atoms with Crippen LogP contribution in [0.15, 0.2) is 42.7 Å². The summed E-state index contributed by atoms with van der Waals surface area (Å²) in [7, 11) is 0. The highest BCUT2D eigenvalue weighted by molar-refractivity contribution is 5.62. The zero-order chi connectivity index (χ0) is 26.1. The number of halogens is 3. The minimum absolute atomic E-state index is 0.0215. The second kappa shape index (κ2) is 10.8. The number of hydrogen-bond acceptors (Lipinski definition) is 6. The fourth-order valence-corrected chi connectivity index (χ4v) is 5.23. The first kappa shape index (κ1) is 25.6. The van der Waals surface area contributed by atoms with Gasteiger partial charge in [0.25, 0.3) is 0 Å². The van der Waals surface area contributed by atoms with E-state index in [1.54, 1.807) is 12.4 Å². The summed E-state index contributed by atoms with van der Waals surface area (Å²) < 4.78 is 44.7. The molecule has 0 bridgehead atoms. The number of likely N-dealkylation sites (tertiary alicyclic amines) is 1. The van der Waals surface area contributed by atoms with E-state index in [1.165, 1.54) is 24.3 Å². The zero-order valence-corrected chi connectivity index (χ0v) is 20.9. The molecule has 196 valence electrons. The average Bonchev–Trinajstić information content (AvgIpc) is 2.84. The van der Waals surface area contributed by atoms with Gasteiger partial charge in [0.2, 0.25) is 0 Å². The normalized spacial score (nSPS) is 22.2. The third-order valence-electron chi connectivity index (χ3n) is 7.43. The number of aryl methyl sites for hydroxylation is 2. The molecule has 3 atom stereocenters. The number of benzene rings is 1. The molecule has 2 aliphatic rings. The number of anilines is 1. The van der Waals surface area contributed by atoms with Gasteiger partial charge in [-0.3, -0.25) is 9.88 Å². The Labute approximate surface area is 215 Å². The SMILES string of the molecule is C[C@H]1CN(c2ccncc2CCc2ccc(F)c(-c3c(F)cc(CN4CCC4)cc3F)n2)C[C@@H](N)[C@@H]1O. The van der Waals surface area contributed by atoms with Gasteiger partial charge in [0, 0.05) is 55.4 Å². The Morgan fingerprint density at radius 3 is 2.46 bits per heavy atom. The van der Waals surface area contributed by atoms with Crippen LogP contribution in [0, 0.1) is 23.4 Å². The predicted molar refractivity (Wildman–Crippen MR) is 136 cm³/mol. The lowest BCUT2D eigenvalue weighted by Gasteiger charge is -2.40. The monoisotopic (exact) mass is 511 g/mol. The molecular weight excluding hydrogens is 479 g/mol. The third kappa shape index (κ3) is 5.49. The van der Waals surface area contributed by atoms with Gasteiger partial charge >= 0.3 is 0 Å². The maximum Gasteiger partial charge on any atom is 0.149 e. The number of pyridine rings is 2. The van der Waals surface area contributed by atoms with Crippen LogP contribution in [0.25, 0.3) is 11.3 Å². The summed E-state index contributed by atoms with van der Waals surface area (Å²) in [4.78, 5) is 12.8. The number of rotatable bonds is 7. The van der Waals surface area contributed by atoms with Crippen molar-refractivity contribution >= 4 is 5.69 Å². The van der Waals surface area contributed by atoms with E-state index in [-0.39, 0.29) is 17.7 Å². The Balaban J connectivity index is 1.35. The highest BCUT2D eigenvalue weighted by atomic mass is 19.1. The van der Waals surface area contributed by atoms with Gasteiger partial charge in [0.05, 0.1) is 11.7 Å². The first-order valence-electron chi connectivity index (χ1n) is 12.8. The van der Waals surface area contributed by atoms with Crippen LogP contribution in [0.2, 0.25) is 0 Å². The van der Waals surface area contributed by atoms with Crippen molar-refractivity contribution in [1.82, 2.24) is 14.9 Å². The second-order valence-corrected chi connectivity index (χ2v) is 10.2. The summed E-state index contributed by atoms with van der Waals surface area (Å²) in [5.41, 5.74) is 8.37. The molecule has 6 nitrogen and oxygen atoms in total. The highest BCUT2D eigenvalue weighted by Gasteiger charge is 2.31. The van der Waals surface area contributed by atoms with E-state index in [1.807, 2.05) is 13.0 Å². The summed E-state index contributed by atoms with van der Waals surface area (Å²) in [5, 5.41) is 10.2. The number of aromatic nitrogens is 2. The Bertz CT molecular complexity index is 1230. The fraction of sp³-hybridized carbons (Fsp3) is 0.429. The van der Waals surface area contributed by atoms with E-state index in [2.05, 4.69) is 19.8 Å². The summed E-state index contributed by atoms with van der Waals surface area (Å²) >= 11 is 0. The van der Waals surface area contributed by atoms with Gasteiger partial charge in [-0.15, -0.1) is 0 Å². The van der Waals surface area contributed by atoms with Crippen molar-refractivity contribution in [2.24, 2.45) is 11.7 Å². The molecule has 2 aromatic heterocycles.